The van der Waals surface area contributed by atoms with E-state index < -0.39 is 5.97 Å². The monoisotopic (exact) mass is 263 g/mol. The summed E-state index contributed by atoms with van der Waals surface area (Å²) in [5.74, 6) is -1.20. The van der Waals surface area contributed by atoms with Gasteiger partial charge in [-0.05, 0) is 37.1 Å². The van der Waals surface area contributed by atoms with Gasteiger partial charge in [0.05, 0.1) is 11.7 Å². The number of carbonyl (C=O) groups excluding carboxylic acids is 1. The Morgan fingerprint density at radius 2 is 1.84 bits per heavy atom. The highest BCUT2D eigenvalue weighted by Crippen LogP contribution is 2.20. The van der Waals surface area contributed by atoms with Gasteiger partial charge in [0.25, 0.3) is 0 Å². The zero-order chi connectivity index (χ0) is 13.7. The van der Waals surface area contributed by atoms with Crippen LogP contribution in [-0.2, 0) is 9.53 Å². The van der Waals surface area contributed by atoms with Crippen molar-refractivity contribution in [1.29, 1.82) is 0 Å². The number of carboxylic acids is 1. The topological polar surface area (TPSA) is 75.6 Å². The zero-order valence-corrected chi connectivity index (χ0v) is 10.6. The third kappa shape index (κ3) is 4.06. The van der Waals surface area contributed by atoms with Crippen LogP contribution in [0.2, 0.25) is 0 Å². The van der Waals surface area contributed by atoms with Crippen LogP contribution in [0.3, 0.4) is 0 Å². The Bertz CT molecular complexity index is 449. The van der Waals surface area contributed by atoms with Crippen molar-refractivity contribution in [2.45, 2.75) is 31.8 Å². The first kappa shape index (κ1) is 13.5. The van der Waals surface area contributed by atoms with Crippen molar-refractivity contribution in [1.82, 2.24) is 0 Å². The van der Waals surface area contributed by atoms with E-state index in [-0.39, 0.29) is 24.2 Å². The lowest BCUT2D eigenvalue weighted by Crippen LogP contribution is -2.21. The first-order chi connectivity index (χ1) is 9.15. The van der Waals surface area contributed by atoms with E-state index in [1.165, 1.54) is 25.0 Å². The predicted octanol–water partition coefficient (Wildman–Crippen LogP) is 2.28. The molecule has 5 nitrogen and oxygen atoms in total. The number of hydrogen-bond donors (Lipinski definition) is 2. The summed E-state index contributed by atoms with van der Waals surface area (Å²) in [5, 5.41) is 11.4. The fraction of sp³-hybridized carbons (Fsp3) is 0.429. The molecule has 1 fully saturated rings. The normalized spacial score (nSPS) is 15.4. The Kier molecular flexibility index (Phi) is 4.52. The second-order valence-electron chi connectivity index (χ2n) is 4.65. The Hall–Kier alpha value is -1.88. The van der Waals surface area contributed by atoms with Crippen molar-refractivity contribution in [3.8, 4) is 0 Å². The average Bonchev–Trinajstić information content (AvgIpc) is 2.90. The smallest absolute Gasteiger partial charge is 0.335 e. The lowest BCUT2D eigenvalue weighted by atomic mass is 10.2. The van der Waals surface area contributed by atoms with Crippen LogP contribution >= 0.6 is 0 Å². The summed E-state index contributed by atoms with van der Waals surface area (Å²) < 4.78 is 5.49. The van der Waals surface area contributed by atoms with Gasteiger partial charge in [-0.25, -0.2) is 4.79 Å². The summed E-state index contributed by atoms with van der Waals surface area (Å²) in [6.45, 7) is 0.0470. The van der Waals surface area contributed by atoms with Gasteiger partial charge in [0.15, 0.2) is 0 Å². The third-order valence-electron chi connectivity index (χ3n) is 3.17. The van der Waals surface area contributed by atoms with Gasteiger partial charge >= 0.3 is 5.97 Å². The molecule has 0 atom stereocenters. The lowest BCUT2D eigenvalue weighted by molar-refractivity contribution is -0.122. The van der Waals surface area contributed by atoms with Crippen LogP contribution in [-0.4, -0.2) is 29.7 Å². The Balaban J connectivity index is 1.79. The molecule has 0 heterocycles. The van der Waals surface area contributed by atoms with Gasteiger partial charge in [-0.1, -0.05) is 12.8 Å². The summed E-state index contributed by atoms with van der Waals surface area (Å²) in [6, 6.07) is 6.04. The standard InChI is InChI=1S/C14H17NO4/c16-13(9-19-12-3-1-2-4-12)15-11-7-5-10(6-8-11)14(17)18/h5-8,12H,1-4,9H2,(H,15,16)(H,17,18). The number of nitrogens with one attached hydrogen (secondary N) is 1. The number of rotatable bonds is 5. The van der Waals surface area contributed by atoms with E-state index in [0.29, 0.717) is 5.69 Å². The minimum absolute atomic E-state index is 0.0470. The van der Waals surface area contributed by atoms with Crippen molar-refractivity contribution in [2.24, 2.45) is 0 Å². The van der Waals surface area contributed by atoms with Crippen LogP contribution in [0.4, 0.5) is 5.69 Å². The van der Waals surface area contributed by atoms with Gasteiger partial charge in [0, 0.05) is 5.69 Å². The van der Waals surface area contributed by atoms with Crippen LogP contribution in [0, 0.1) is 0 Å². The zero-order valence-electron chi connectivity index (χ0n) is 10.6. The molecule has 102 valence electrons. The van der Waals surface area contributed by atoms with Gasteiger partial charge in [-0.3, -0.25) is 4.79 Å². The summed E-state index contributed by atoms with van der Waals surface area (Å²) in [7, 11) is 0. The molecule has 1 aliphatic rings. The Morgan fingerprint density at radius 3 is 2.42 bits per heavy atom. The highest BCUT2D eigenvalue weighted by Gasteiger charge is 2.16. The lowest BCUT2D eigenvalue weighted by Gasteiger charge is -2.11. The van der Waals surface area contributed by atoms with Gasteiger partial charge in [-0.15, -0.1) is 0 Å². The van der Waals surface area contributed by atoms with E-state index in [2.05, 4.69) is 5.32 Å². The maximum atomic E-state index is 11.6. The molecule has 1 aromatic rings. The molecule has 2 N–H and O–H groups in total. The molecule has 0 radical (unpaired) electrons. The number of anilines is 1. The maximum absolute atomic E-state index is 11.6. The number of carbonyl (C=O) groups is 2. The molecule has 0 aliphatic heterocycles. The van der Waals surface area contributed by atoms with Crippen molar-refractivity contribution in [2.75, 3.05) is 11.9 Å². The Morgan fingerprint density at radius 1 is 1.21 bits per heavy atom. The van der Waals surface area contributed by atoms with Crippen molar-refractivity contribution < 1.29 is 19.4 Å². The number of benzene rings is 1. The molecule has 1 aromatic carbocycles. The van der Waals surface area contributed by atoms with E-state index in [1.54, 1.807) is 12.1 Å². The molecule has 0 saturated heterocycles. The molecule has 0 unspecified atom stereocenters. The molecule has 0 aromatic heterocycles. The van der Waals surface area contributed by atoms with E-state index in [0.717, 1.165) is 12.8 Å². The second kappa shape index (κ2) is 6.33. The largest absolute Gasteiger partial charge is 0.478 e. The SMILES string of the molecule is O=C(COC1CCCC1)Nc1ccc(C(=O)O)cc1. The highest BCUT2D eigenvalue weighted by molar-refractivity contribution is 5.93. The quantitative estimate of drug-likeness (QED) is 0.854. The molecule has 1 amide bonds. The minimum Gasteiger partial charge on any atom is -0.478 e. The van der Waals surface area contributed by atoms with Gasteiger partial charge in [0.2, 0.25) is 5.91 Å². The van der Waals surface area contributed by atoms with E-state index in [9.17, 15) is 9.59 Å². The van der Waals surface area contributed by atoms with Crippen LogP contribution in [0.1, 0.15) is 36.0 Å². The molecule has 0 bridgehead atoms. The molecular formula is C14H17NO4. The Labute approximate surface area is 111 Å². The van der Waals surface area contributed by atoms with Crippen LogP contribution in [0.25, 0.3) is 0 Å². The predicted molar refractivity (Wildman–Crippen MR) is 70.2 cm³/mol. The van der Waals surface area contributed by atoms with Crippen molar-refractivity contribution >= 4 is 17.6 Å². The number of ether oxygens (including phenoxy) is 1. The summed E-state index contributed by atoms with van der Waals surface area (Å²) in [6.07, 6.45) is 4.60. The molecule has 0 spiro atoms. The minimum atomic E-state index is -0.984. The first-order valence-electron chi connectivity index (χ1n) is 6.40. The van der Waals surface area contributed by atoms with Crippen molar-refractivity contribution in [3.05, 3.63) is 29.8 Å². The van der Waals surface area contributed by atoms with E-state index in [4.69, 9.17) is 9.84 Å². The molecule has 1 aliphatic carbocycles. The maximum Gasteiger partial charge on any atom is 0.335 e. The molecular weight excluding hydrogens is 246 g/mol. The van der Waals surface area contributed by atoms with E-state index in [1.807, 2.05) is 0 Å². The molecule has 2 rings (SSSR count). The number of aromatic carboxylic acids is 1. The second-order valence-corrected chi connectivity index (χ2v) is 4.65. The van der Waals surface area contributed by atoms with Gasteiger partial charge in [0.1, 0.15) is 6.61 Å². The van der Waals surface area contributed by atoms with E-state index >= 15 is 0 Å². The number of carboxylic acid groups (broad SMARTS) is 1. The average molecular weight is 263 g/mol. The van der Waals surface area contributed by atoms with Crippen molar-refractivity contribution in [3.63, 3.8) is 0 Å². The number of hydrogen-bond acceptors (Lipinski definition) is 3. The van der Waals surface area contributed by atoms with Crippen LogP contribution < -0.4 is 5.32 Å². The summed E-state index contributed by atoms with van der Waals surface area (Å²) in [4.78, 5) is 22.3. The fourth-order valence-electron chi connectivity index (χ4n) is 2.14. The summed E-state index contributed by atoms with van der Waals surface area (Å²) in [5.41, 5.74) is 0.769. The van der Waals surface area contributed by atoms with Gasteiger partial charge < -0.3 is 15.2 Å². The number of amides is 1. The molecule has 1 saturated carbocycles. The first-order valence-corrected chi connectivity index (χ1v) is 6.40. The molecule has 5 heteroatoms. The van der Waals surface area contributed by atoms with Gasteiger partial charge in [-0.2, -0.15) is 0 Å². The highest BCUT2D eigenvalue weighted by atomic mass is 16.5. The van der Waals surface area contributed by atoms with Crippen LogP contribution in [0.5, 0.6) is 0 Å². The van der Waals surface area contributed by atoms with Crippen LogP contribution in [0.15, 0.2) is 24.3 Å². The third-order valence-corrected chi connectivity index (χ3v) is 3.17. The molecule has 19 heavy (non-hydrogen) atoms. The fourth-order valence-corrected chi connectivity index (χ4v) is 2.14. The summed E-state index contributed by atoms with van der Waals surface area (Å²) >= 11 is 0.